The molecule has 1 N–H and O–H groups in total. The van der Waals surface area contributed by atoms with Gasteiger partial charge in [-0.2, -0.15) is 0 Å². The molecule has 0 radical (unpaired) electrons. The number of hydrogen-bond donors (Lipinski definition) is 1. The molecule has 3 aromatic rings. The van der Waals surface area contributed by atoms with Gasteiger partial charge < -0.3 is 29.2 Å². The van der Waals surface area contributed by atoms with E-state index in [1.54, 1.807) is 16.0 Å². The Morgan fingerprint density at radius 1 is 0.965 bits per heavy atom. The van der Waals surface area contributed by atoms with Crippen molar-refractivity contribution in [1.29, 1.82) is 0 Å². The van der Waals surface area contributed by atoms with Gasteiger partial charge in [0.25, 0.3) is 17.7 Å². The summed E-state index contributed by atoms with van der Waals surface area (Å²) in [7, 11) is 0. The molecule has 3 saturated heterocycles. The predicted octanol–water partition coefficient (Wildman–Crippen LogP) is 4.44. The number of morpholine rings is 1. The number of ether oxygens (including phenoxy) is 2. The molecule has 3 fully saturated rings. The maximum absolute atomic E-state index is 15.5. The van der Waals surface area contributed by atoms with Crippen molar-refractivity contribution in [2.45, 2.75) is 63.4 Å². The van der Waals surface area contributed by atoms with E-state index in [2.05, 4.69) is 5.32 Å². The fraction of sp³-hybridized carbons (Fsp3) is 0.500. The number of alkyl halides is 1. The van der Waals surface area contributed by atoms with Gasteiger partial charge in [0.05, 0.1) is 24.9 Å². The van der Waals surface area contributed by atoms with E-state index in [0.29, 0.717) is 70.8 Å². The van der Waals surface area contributed by atoms with Crippen LogP contribution in [0.25, 0.3) is 11.3 Å². The lowest BCUT2D eigenvalue weighted by Gasteiger charge is -2.42. The van der Waals surface area contributed by atoms with Gasteiger partial charge in [-0.05, 0) is 55.4 Å². The van der Waals surface area contributed by atoms with E-state index in [9.17, 15) is 18.8 Å². The van der Waals surface area contributed by atoms with Crippen LogP contribution in [0.1, 0.15) is 56.0 Å². The minimum absolute atomic E-state index is 0.0112. The van der Waals surface area contributed by atoms with Crippen molar-refractivity contribution in [3.05, 3.63) is 89.9 Å². The topological polar surface area (TPSA) is 126 Å². The van der Waals surface area contributed by atoms with Gasteiger partial charge in [0.15, 0.2) is 6.10 Å². The number of imide groups is 1. The number of nitrogens with zero attached hydrogens (tertiary/aromatic N) is 5. The first kappa shape index (κ1) is 40.3. The summed E-state index contributed by atoms with van der Waals surface area (Å²) >= 11 is 0. The third kappa shape index (κ3) is 9.65. The van der Waals surface area contributed by atoms with Crippen molar-refractivity contribution < 1.29 is 41.8 Å². The van der Waals surface area contributed by atoms with Crippen molar-refractivity contribution in [3.8, 4) is 11.3 Å². The lowest BCUT2D eigenvalue weighted by molar-refractivity contribution is -0.159. The first-order valence-corrected chi connectivity index (χ1v) is 19.9. The summed E-state index contributed by atoms with van der Waals surface area (Å²) in [6, 6.07) is 12.1. The summed E-state index contributed by atoms with van der Waals surface area (Å²) in [5.41, 5.74) is 1.11. The molecule has 304 valence electrons. The largest absolute Gasteiger partial charge is 0.381 e. The number of imidazole rings is 1. The first-order chi connectivity index (χ1) is 27.7. The molecule has 1 aromatic heterocycles. The van der Waals surface area contributed by atoms with E-state index in [1.165, 1.54) is 17.1 Å². The zero-order valence-electron chi connectivity index (χ0n) is 31.9. The molecule has 0 bridgehead atoms. The van der Waals surface area contributed by atoms with Gasteiger partial charge in [-0.15, -0.1) is 0 Å². The summed E-state index contributed by atoms with van der Waals surface area (Å²) in [6.45, 7) is 2.49. The van der Waals surface area contributed by atoms with Crippen LogP contribution in [0, 0.1) is 23.5 Å². The minimum Gasteiger partial charge on any atom is -0.381 e. The molecule has 7 rings (SSSR count). The number of aromatic nitrogens is 2. The van der Waals surface area contributed by atoms with Gasteiger partial charge in [0.2, 0.25) is 5.91 Å². The van der Waals surface area contributed by atoms with Crippen LogP contribution in [0.4, 0.5) is 13.2 Å². The number of halogens is 3. The molecule has 4 aliphatic heterocycles. The standard InChI is InChI=1S/C42H49F3N6O6/c43-31-10-11-33(44)32(21-31)35-26-49(24-28-7-3-1-4-8-28)41(47-35)40(29-14-18-56-19-15-29)51(25-30-22-46-23-34(30)45)42(55)36-27-48(17-20-57-36)37(52)9-5-2-6-16-50-38(53)12-13-39(50)54/h1,3-4,7-8,10-13,21,26,29-30,34,36,40,46H,2,5-6,9,14-20,22-25,27H2. The van der Waals surface area contributed by atoms with Crippen LogP contribution in [-0.4, -0.2) is 119 Å². The smallest absolute Gasteiger partial charge is 0.254 e. The summed E-state index contributed by atoms with van der Waals surface area (Å²) in [5.74, 6) is -2.72. The molecule has 15 heteroatoms. The molecule has 12 nitrogen and oxygen atoms in total. The van der Waals surface area contributed by atoms with Gasteiger partial charge >= 0.3 is 0 Å². The Hall–Kier alpha value is -4.86. The van der Waals surface area contributed by atoms with Crippen molar-refractivity contribution >= 4 is 23.6 Å². The highest BCUT2D eigenvalue weighted by Gasteiger charge is 2.43. The number of unbranched alkanes of at least 4 members (excludes halogenated alkanes) is 2. The molecular formula is C42H49F3N6O6. The summed E-state index contributed by atoms with van der Waals surface area (Å²) in [6.07, 6.45) is 5.06. The second-order valence-electron chi connectivity index (χ2n) is 15.2. The monoisotopic (exact) mass is 790 g/mol. The van der Waals surface area contributed by atoms with Crippen LogP contribution >= 0.6 is 0 Å². The van der Waals surface area contributed by atoms with Crippen LogP contribution in [0.15, 0.2) is 66.9 Å². The normalized spacial score (nSPS) is 22.1. The van der Waals surface area contributed by atoms with E-state index < -0.39 is 41.8 Å². The Morgan fingerprint density at radius 3 is 2.47 bits per heavy atom. The van der Waals surface area contributed by atoms with Crippen LogP contribution in [0.3, 0.4) is 0 Å². The zero-order valence-corrected chi connectivity index (χ0v) is 31.9. The van der Waals surface area contributed by atoms with Crippen LogP contribution in [0.2, 0.25) is 0 Å². The molecule has 4 amide bonds. The van der Waals surface area contributed by atoms with Gasteiger partial charge in [0.1, 0.15) is 23.6 Å². The van der Waals surface area contributed by atoms with Gasteiger partial charge in [-0.1, -0.05) is 36.8 Å². The van der Waals surface area contributed by atoms with Crippen molar-refractivity contribution in [2.75, 3.05) is 59.1 Å². The summed E-state index contributed by atoms with van der Waals surface area (Å²) in [4.78, 5) is 61.7. The van der Waals surface area contributed by atoms with Crippen LogP contribution in [0.5, 0.6) is 0 Å². The molecule has 4 unspecified atom stereocenters. The maximum Gasteiger partial charge on any atom is 0.254 e. The highest BCUT2D eigenvalue weighted by Crippen LogP contribution is 2.39. The quantitative estimate of drug-likeness (QED) is 0.177. The lowest BCUT2D eigenvalue weighted by Crippen LogP contribution is -2.55. The van der Waals surface area contributed by atoms with Crippen LogP contribution < -0.4 is 5.32 Å². The number of nitrogens with one attached hydrogen (secondary N) is 1. The van der Waals surface area contributed by atoms with E-state index in [4.69, 9.17) is 14.5 Å². The van der Waals surface area contributed by atoms with Gasteiger partial charge in [-0.25, -0.2) is 18.2 Å². The third-order valence-electron chi connectivity index (χ3n) is 11.4. The first-order valence-electron chi connectivity index (χ1n) is 19.9. The Labute approximate surface area is 330 Å². The molecular weight excluding hydrogens is 741 g/mol. The molecule has 0 aliphatic carbocycles. The Balaban J connectivity index is 1.17. The average molecular weight is 791 g/mol. The maximum atomic E-state index is 15.5. The number of rotatable bonds is 15. The molecule has 57 heavy (non-hydrogen) atoms. The van der Waals surface area contributed by atoms with E-state index >= 15 is 13.6 Å². The second kappa shape index (κ2) is 18.6. The molecule has 0 spiro atoms. The fourth-order valence-corrected chi connectivity index (χ4v) is 8.25. The van der Waals surface area contributed by atoms with Gasteiger partial charge in [-0.3, -0.25) is 24.1 Å². The van der Waals surface area contributed by atoms with Crippen molar-refractivity contribution in [3.63, 3.8) is 0 Å². The van der Waals surface area contributed by atoms with Gasteiger partial charge in [0, 0.05) is 88.7 Å². The zero-order chi connectivity index (χ0) is 39.9. The number of carbonyl (C=O) groups excluding carboxylic acids is 4. The van der Waals surface area contributed by atoms with E-state index in [-0.39, 0.29) is 74.1 Å². The molecule has 5 heterocycles. The molecule has 4 aliphatic rings. The highest BCUT2D eigenvalue weighted by molar-refractivity contribution is 6.12. The van der Waals surface area contributed by atoms with Crippen molar-refractivity contribution in [1.82, 2.24) is 29.6 Å². The van der Waals surface area contributed by atoms with Crippen LogP contribution in [-0.2, 0) is 35.2 Å². The minimum atomic E-state index is -1.21. The van der Waals surface area contributed by atoms with E-state index in [0.717, 1.165) is 23.8 Å². The SMILES string of the molecule is O=C(CCCCCN1C(=O)C=CC1=O)N1CCOC(C(=O)N(CC2CNCC2F)C(c2nc(-c3cc(F)ccc3F)cn2Cc2ccccc2)C2CCOCC2)C1. The number of benzene rings is 2. The number of carbonyl (C=O) groups is 4. The highest BCUT2D eigenvalue weighted by atomic mass is 19.1. The second-order valence-corrected chi connectivity index (χ2v) is 15.2. The average Bonchev–Trinajstić information content (AvgIpc) is 3.93. The molecule has 2 aromatic carbocycles. The molecule has 0 saturated carbocycles. The Morgan fingerprint density at radius 2 is 1.74 bits per heavy atom. The summed E-state index contributed by atoms with van der Waals surface area (Å²) in [5, 5.41) is 3.10. The van der Waals surface area contributed by atoms with E-state index in [1.807, 2.05) is 34.9 Å². The fourth-order valence-electron chi connectivity index (χ4n) is 8.25. The Kier molecular flexibility index (Phi) is 13.2. The lowest BCUT2D eigenvalue weighted by atomic mass is 9.88. The number of hydrogen-bond acceptors (Lipinski definition) is 8. The molecule has 4 atom stereocenters. The predicted molar refractivity (Wildman–Crippen MR) is 203 cm³/mol. The summed E-state index contributed by atoms with van der Waals surface area (Å²) < 4.78 is 59.0. The third-order valence-corrected chi connectivity index (χ3v) is 11.4. The number of amides is 4. The van der Waals surface area contributed by atoms with Crippen molar-refractivity contribution in [2.24, 2.45) is 11.8 Å². The Bertz CT molecular complexity index is 1920.